The van der Waals surface area contributed by atoms with Crippen molar-refractivity contribution in [1.82, 2.24) is 9.80 Å². The van der Waals surface area contributed by atoms with Gasteiger partial charge in [0.2, 0.25) is 0 Å². The fourth-order valence-electron chi connectivity index (χ4n) is 5.31. The Morgan fingerprint density at radius 3 is 2.28 bits per heavy atom. The molecule has 0 radical (unpaired) electrons. The van der Waals surface area contributed by atoms with Gasteiger partial charge in [0.15, 0.2) is 0 Å². The number of imide groups is 1. The second-order valence-corrected chi connectivity index (χ2v) is 10.00. The number of benzene rings is 2. The van der Waals surface area contributed by atoms with Crippen LogP contribution in [0.3, 0.4) is 0 Å². The summed E-state index contributed by atoms with van der Waals surface area (Å²) in [5.74, 6) is 0.345. The number of hydrogen-bond acceptors (Lipinski definition) is 4. The van der Waals surface area contributed by atoms with Crippen LogP contribution in [-0.4, -0.2) is 54.3 Å². The average Bonchev–Trinajstić information content (AvgIpc) is 3.04. The van der Waals surface area contributed by atoms with Crippen LogP contribution in [0.5, 0.6) is 0 Å². The second-order valence-electron chi connectivity index (χ2n) is 10.00. The quantitative estimate of drug-likeness (QED) is 0.674. The Morgan fingerprint density at radius 1 is 1.06 bits per heavy atom. The number of piperidine rings is 1. The van der Waals surface area contributed by atoms with Crippen LogP contribution in [0.2, 0.25) is 0 Å². The van der Waals surface area contributed by atoms with E-state index < -0.39 is 0 Å². The number of likely N-dealkylation sites (tertiary alicyclic amines) is 1. The molecule has 0 spiro atoms. The fourth-order valence-corrected chi connectivity index (χ4v) is 5.31. The first-order chi connectivity index (χ1) is 15.3. The molecule has 2 aromatic rings. The van der Waals surface area contributed by atoms with E-state index in [-0.39, 0.29) is 29.2 Å². The third-order valence-corrected chi connectivity index (χ3v) is 7.75. The Labute approximate surface area is 191 Å². The van der Waals surface area contributed by atoms with Crippen LogP contribution in [0.25, 0.3) is 0 Å². The van der Waals surface area contributed by atoms with Gasteiger partial charge in [0, 0.05) is 25.8 Å². The van der Waals surface area contributed by atoms with E-state index in [0.717, 1.165) is 31.7 Å². The highest BCUT2D eigenvalue weighted by Crippen LogP contribution is 2.40. The zero-order valence-corrected chi connectivity index (χ0v) is 19.9. The largest absolute Gasteiger partial charge is 0.388 e. The lowest BCUT2D eigenvalue weighted by molar-refractivity contribution is 0.0402. The molecule has 170 valence electrons. The number of anilines is 1. The van der Waals surface area contributed by atoms with Crippen LogP contribution < -0.4 is 5.32 Å². The molecule has 1 N–H and O–H groups in total. The van der Waals surface area contributed by atoms with Gasteiger partial charge in [-0.15, -0.1) is 0 Å². The van der Waals surface area contributed by atoms with Gasteiger partial charge in [-0.1, -0.05) is 52.0 Å². The van der Waals surface area contributed by atoms with Crippen LogP contribution in [0, 0.1) is 11.8 Å². The molecule has 2 aromatic carbocycles. The average molecular weight is 434 g/mol. The molecule has 5 heteroatoms. The molecular weight excluding hydrogens is 398 g/mol. The number of carbonyl (C=O) groups excluding carboxylic acids is 2. The summed E-state index contributed by atoms with van der Waals surface area (Å²) in [7, 11) is 1.96. The minimum atomic E-state index is -0.150. The molecule has 3 atom stereocenters. The zero-order chi connectivity index (χ0) is 23.0. The Bertz CT molecular complexity index is 982. The minimum absolute atomic E-state index is 0.103. The van der Waals surface area contributed by atoms with Crippen LogP contribution in [0.1, 0.15) is 60.4 Å². The van der Waals surface area contributed by atoms with Gasteiger partial charge < -0.3 is 10.2 Å². The predicted octanol–water partition coefficient (Wildman–Crippen LogP) is 4.65. The van der Waals surface area contributed by atoms with E-state index in [0.29, 0.717) is 17.0 Å². The van der Waals surface area contributed by atoms with Gasteiger partial charge in [-0.2, -0.15) is 0 Å². The maximum Gasteiger partial charge on any atom is 0.261 e. The molecule has 1 saturated heterocycles. The molecule has 2 aliphatic rings. The lowest BCUT2D eigenvalue weighted by Crippen LogP contribution is -2.54. The monoisotopic (exact) mass is 433 g/mol. The molecular formula is C27H35N3O2. The second kappa shape index (κ2) is 8.70. The SMILES string of the molecule is CNc1cccc([C@]2(C)CCN(C[C@H](C(C)C)N3C(=O)c4ccccc4C3=O)C[C@@H]2C)c1. The summed E-state index contributed by atoms with van der Waals surface area (Å²) in [4.78, 5) is 30.1. The van der Waals surface area contributed by atoms with Crippen LogP contribution >= 0.6 is 0 Å². The number of amides is 2. The molecule has 5 nitrogen and oxygen atoms in total. The smallest absolute Gasteiger partial charge is 0.261 e. The molecule has 4 rings (SSSR count). The fraction of sp³-hybridized carbons (Fsp3) is 0.481. The molecule has 1 fully saturated rings. The van der Waals surface area contributed by atoms with E-state index in [2.05, 4.69) is 62.2 Å². The summed E-state index contributed by atoms with van der Waals surface area (Å²) in [6.07, 6.45) is 1.05. The molecule has 2 amide bonds. The van der Waals surface area contributed by atoms with Gasteiger partial charge in [-0.05, 0) is 60.0 Å². The lowest BCUT2D eigenvalue weighted by atomic mass is 9.68. The first-order valence-electron chi connectivity index (χ1n) is 11.7. The maximum absolute atomic E-state index is 13.1. The van der Waals surface area contributed by atoms with Crippen molar-refractivity contribution < 1.29 is 9.59 Å². The van der Waals surface area contributed by atoms with Crippen LogP contribution in [0.15, 0.2) is 48.5 Å². The Balaban J connectivity index is 1.50. The number of nitrogens with one attached hydrogen (secondary N) is 1. The first-order valence-corrected chi connectivity index (χ1v) is 11.7. The highest BCUT2D eigenvalue weighted by molar-refractivity contribution is 6.21. The minimum Gasteiger partial charge on any atom is -0.388 e. The summed E-state index contributed by atoms with van der Waals surface area (Å²) in [6, 6.07) is 15.8. The Hall–Kier alpha value is -2.66. The third kappa shape index (κ3) is 3.83. The summed E-state index contributed by atoms with van der Waals surface area (Å²) < 4.78 is 0. The summed E-state index contributed by atoms with van der Waals surface area (Å²) in [5, 5.41) is 3.25. The van der Waals surface area contributed by atoms with Crippen molar-refractivity contribution in [2.45, 2.75) is 45.6 Å². The predicted molar refractivity (Wildman–Crippen MR) is 129 cm³/mol. The molecule has 0 saturated carbocycles. The van der Waals surface area contributed by atoms with Crippen molar-refractivity contribution in [3.63, 3.8) is 0 Å². The third-order valence-electron chi connectivity index (χ3n) is 7.75. The first kappa shape index (κ1) is 22.5. The highest BCUT2D eigenvalue weighted by Gasteiger charge is 2.43. The van der Waals surface area contributed by atoms with Crippen molar-refractivity contribution in [3.05, 3.63) is 65.2 Å². The van der Waals surface area contributed by atoms with E-state index in [1.165, 1.54) is 10.5 Å². The standard InChI is InChI=1S/C27H35N3O2/c1-18(2)24(30-25(31)22-11-6-7-12-23(22)26(30)32)17-29-14-13-27(4,19(3)16-29)20-9-8-10-21(15-20)28-5/h6-12,15,18-19,24,28H,13-14,16-17H2,1-5H3/t19-,24+,27+/m0/s1. The van der Waals surface area contributed by atoms with E-state index in [9.17, 15) is 9.59 Å². The van der Waals surface area contributed by atoms with Crippen molar-refractivity contribution in [2.24, 2.45) is 11.8 Å². The van der Waals surface area contributed by atoms with E-state index in [1.807, 2.05) is 19.2 Å². The van der Waals surface area contributed by atoms with Gasteiger partial charge in [0.1, 0.15) is 0 Å². The van der Waals surface area contributed by atoms with Gasteiger partial charge in [0.05, 0.1) is 17.2 Å². The summed E-state index contributed by atoms with van der Waals surface area (Å²) in [6.45, 7) is 11.5. The normalized spacial score (nSPS) is 24.7. The molecule has 2 heterocycles. The van der Waals surface area contributed by atoms with Crippen molar-refractivity contribution in [1.29, 1.82) is 0 Å². The molecule has 32 heavy (non-hydrogen) atoms. The summed E-state index contributed by atoms with van der Waals surface area (Å²) in [5.41, 5.74) is 3.69. The van der Waals surface area contributed by atoms with Crippen molar-refractivity contribution >= 4 is 17.5 Å². The van der Waals surface area contributed by atoms with Gasteiger partial charge in [0.25, 0.3) is 11.8 Å². The lowest BCUT2D eigenvalue weighted by Gasteiger charge is -2.46. The van der Waals surface area contributed by atoms with E-state index >= 15 is 0 Å². The van der Waals surface area contributed by atoms with Gasteiger partial charge >= 0.3 is 0 Å². The maximum atomic E-state index is 13.1. The highest BCUT2D eigenvalue weighted by atomic mass is 16.2. The van der Waals surface area contributed by atoms with Crippen molar-refractivity contribution in [3.8, 4) is 0 Å². The summed E-state index contributed by atoms with van der Waals surface area (Å²) >= 11 is 0. The number of fused-ring (bicyclic) bond motifs is 1. The number of carbonyl (C=O) groups is 2. The number of rotatable bonds is 6. The van der Waals surface area contributed by atoms with Gasteiger partial charge in [-0.3, -0.25) is 14.5 Å². The van der Waals surface area contributed by atoms with Gasteiger partial charge in [-0.25, -0.2) is 0 Å². The topological polar surface area (TPSA) is 52.6 Å². The van der Waals surface area contributed by atoms with Crippen LogP contribution in [0.4, 0.5) is 5.69 Å². The molecule has 0 unspecified atom stereocenters. The van der Waals surface area contributed by atoms with E-state index in [4.69, 9.17) is 0 Å². The van der Waals surface area contributed by atoms with E-state index in [1.54, 1.807) is 12.1 Å². The zero-order valence-electron chi connectivity index (χ0n) is 19.9. The number of nitrogens with zero attached hydrogens (tertiary/aromatic N) is 2. The Kier molecular flexibility index (Phi) is 6.13. The van der Waals surface area contributed by atoms with Crippen LogP contribution in [-0.2, 0) is 5.41 Å². The van der Waals surface area contributed by atoms with Crippen molar-refractivity contribution in [2.75, 3.05) is 32.0 Å². The number of hydrogen-bond donors (Lipinski definition) is 1. The molecule has 0 bridgehead atoms. The molecule has 0 aliphatic carbocycles. The molecule has 2 aliphatic heterocycles. The Morgan fingerprint density at radius 2 is 1.72 bits per heavy atom. The molecule has 0 aromatic heterocycles.